The standard InChI is InChI=1S/C18H21N3O2S/c22-17(15-7-3-1-4-8-15)19-11-12-20-18(23)21-13-14-24-16-9-5-2-6-10-16/h1-10H,11-14H2,(H,19,22)(H2,20,21,23). The summed E-state index contributed by atoms with van der Waals surface area (Å²) >= 11 is 1.69. The van der Waals surface area contributed by atoms with Crippen molar-refractivity contribution in [1.82, 2.24) is 16.0 Å². The van der Waals surface area contributed by atoms with Gasteiger partial charge in [0, 0.05) is 35.8 Å². The largest absolute Gasteiger partial charge is 0.350 e. The van der Waals surface area contributed by atoms with Crippen molar-refractivity contribution in [2.45, 2.75) is 4.90 Å². The van der Waals surface area contributed by atoms with Gasteiger partial charge < -0.3 is 16.0 Å². The van der Waals surface area contributed by atoms with Gasteiger partial charge in [-0.25, -0.2) is 4.79 Å². The quantitative estimate of drug-likeness (QED) is 0.509. The molecular weight excluding hydrogens is 322 g/mol. The molecule has 0 aliphatic carbocycles. The van der Waals surface area contributed by atoms with E-state index in [2.05, 4.69) is 16.0 Å². The van der Waals surface area contributed by atoms with Crippen molar-refractivity contribution >= 4 is 23.7 Å². The monoisotopic (exact) mass is 343 g/mol. The molecule has 0 aromatic heterocycles. The van der Waals surface area contributed by atoms with Gasteiger partial charge in [0.25, 0.3) is 5.91 Å². The van der Waals surface area contributed by atoms with Crippen LogP contribution in [0.1, 0.15) is 10.4 Å². The second-order valence-electron chi connectivity index (χ2n) is 4.97. The minimum absolute atomic E-state index is 0.142. The van der Waals surface area contributed by atoms with Gasteiger partial charge in [0.15, 0.2) is 0 Å². The maximum Gasteiger partial charge on any atom is 0.314 e. The molecule has 126 valence electrons. The Hall–Kier alpha value is -2.47. The maximum absolute atomic E-state index is 11.8. The van der Waals surface area contributed by atoms with Gasteiger partial charge in [-0.15, -0.1) is 11.8 Å². The average Bonchev–Trinajstić information content (AvgIpc) is 2.64. The third kappa shape index (κ3) is 6.75. The Bertz CT molecular complexity index is 635. The van der Waals surface area contributed by atoms with Crippen LogP contribution in [0.2, 0.25) is 0 Å². The van der Waals surface area contributed by atoms with E-state index in [0.29, 0.717) is 25.2 Å². The van der Waals surface area contributed by atoms with E-state index in [0.717, 1.165) is 5.75 Å². The highest BCUT2D eigenvalue weighted by Gasteiger charge is 2.04. The predicted octanol–water partition coefficient (Wildman–Crippen LogP) is 2.51. The van der Waals surface area contributed by atoms with Gasteiger partial charge in [-0.2, -0.15) is 0 Å². The molecule has 0 fully saturated rings. The van der Waals surface area contributed by atoms with Gasteiger partial charge in [0.1, 0.15) is 0 Å². The van der Waals surface area contributed by atoms with E-state index >= 15 is 0 Å². The van der Waals surface area contributed by atoms with Crippen molar-refractivity contribution < 1.29 is 9.59 Å². The number of carbonyl (C=O) groups is 2. The van der Waals surface area contributed by atoms with Crippen LogP contribution in [0.3, 0.4) is 0 Å². The minimum atomic E-state index is -0.224. The van der Waals surface area contributed by atoms with Gasteiger partial charge in [-0.1, -0.05) is 36.4 Å². The Morgan fingerprint density at radius 3 is 2.04 bits per heavy atom. The van der Waals surface area contributed by atoms with Crippen molar-refractivity contribution in [3.63, 3.8) is 0 Å². The summed E-state index contributed by atoms with van der Waals surface area (Å²) in [6, 6.07) is 18.8. The third-order valence-electron chi connectivity index (χ3n) is 3.13. The van der Waals surface area contributed by atoms with Crippen LogP contribution in [0.4, 0.5) is 4.79 Å². The molecule has 2 rings (SSSR count). The lowest BCUT2D eigenvalue weighted by Gasteiger charge is -2.08. The predicted molar refractivity (Wildman–Crippen MR) is 97.3 cm³/mol. The van der Waals surface area contributed by atoms with Crippen LogP contribution in [0.25, 0.3) is 0 Å². The minimum Gasteiger partial charge on any atom is -0.350 e. The molecule has 3 amide bonds. The number of carbonyl (C=O) groups excluding carboxylic acids is 2. The highest BCUT2D eigenvalue weighted by Crippen LogP contribution is 2.15. The fraction of sp³-hybridized carbons (Fsp3) is 0.222. The number of thioether (sulfide) groups is 1. The molecule has 0 saturated carbocycles. The summed E-state index contributed by atoms with van der Waals surface area (Å²) in [5.41, 5.74) is 0.611. The smallest absolute Gasteiger partial charge is 0.314 e. The van der Waals surface area contributed by atoms with E-state index in [9.17, 15) is 9.59 Å². The molecule has 2 aromatic rings. The van der Waals surface area contributed by atoms with E-state index in [1.807, 2.05) is 48.5 Å². The first-order chi connectivity index (χ1) is 11.8. The van der Waals surface area contributed by atoms with Crippen LogP contribution in [0.5, 0.6) is 0 Å². The molecular formula is C18H21N3O2S. The average molecular weight is 343 g/mol. The number of hydrogen-bond donors (Lipinski definition) is 3. The Morgan fingerprint density at radius 1 is 0.750 bits per heavy atom. The first-order valence-corrected chi connectivity index (χ1v) is 8.77. The molecule has 6 heteroatoms. The zero-order valence-corrected chi connectivity index (χ0v) is 14.1. The topological polar surface area (TPSA) is 70.2 Å². The van der Waals surface area contributed by atoms with Crippen LogP contribution in [-0.2, 0) is 0 Å². The van der Waals surface area contributed by atoms with Crippen LogP contribution in [0, 0.1) is 0 Å². The van der Waals surface area contributed by atoms with Crippen LogP contribution in [-0.4, -0.2) is 37.3 Å². The number of amides is 3. The van der Waals surface area contributed by atoms with Crippen LogP contribution >= 0.6 is 11.8 Å². The maximum atomic E-state index is 11.8. The summed E-state index contributed by atoms with van der Waals surface area (Å²) in [4.78, 5) is 24.6. The van der Waals surface area contributed by atoms with E-state index in [1.165, 1.54) is 4.90 Å². The summed E-state index contributed by atoms with van der Waals surface area (Å²) in [6.45, 7) is 1.36. The van der Waals surface area contributed by atoms with Crippen molar-refractivity contribution in [2.24, 2.45) is 0 Å². The molecule has 0 unspecified atom stereocenters. The lowest BCUT2D eigenvalue weighted by Crippen LogP contribution is -2.41. The van der Waals surface area contributed by atoms with E-state index in [-0.39, 0.29) is 11.9 Å². The Kier molecular flexibility index (Phi) is 7.70. The molecule has 0 heterocycles. The fourth-order valence-corrected chi connectivity index (χ4v) is 2.75. The number of urea groups is 1. The Labute approximate surface area is 146 Å². The molecule has 0 bridgehead atoms. The molecule has 0 radical (unpaired) electrons. The molecule has 0 aliphatic rings. The van der Waals surface area contributed by atoms with Crippen molar-refractivity contribution in [2.75, 3.05) is 25.4 Å². The summed E-state index contributed by atoms with van der Waals surface area (Å²) in [5, 5.41) is 8.26. The molecule has 0 aliphatic heterocycles. The van der Waals surface area contributed by atoms with Gasteiger partial charge in [0.2, 0.25) is 0 Å². The van der Waals surface area contributed by atoms with E-state index in [1.54, 1.807) is 23.9 Å². The summed E-state index contributed by atoms with van der Waals surface area (Å²) in [6.07, 6.45) is 0. The highest BCUT2D eigenvalue weighted by molar-refractivity contribution is 7.99. The molecule has 0 spiro atoms. The van der Waals surface area contributed by atoms with Crippen molar-refractivity contribution in [3.05, 3.63) is 66.2 Å². The van der Waals surface area contributed by atoms with Gasteiger partial charge >= 0.3 is 6.03 Å². The number of nitrogens with one attached hydrogen (secondary N) is 3. The molecule has 3 N–H and O–H groups in total. The molecule has 0 saturated heterocycles. The zero-order chi connectivity index (χ0) is 17.0. The number of benzene rings is 2. The first-order valence-electron chi connectivity index (χ1n) is 7.78. The molecule has 24 heavy (non-hydrogen) atoms. The second-order valence-corrected chi connectivity index (χ2v) is 6.13. The van der Waals surface area contributed by atoms with E-state index < -0.39 is 0 Å². The Balaban J connectivity index is 1.51. The first kappa shape index (κ1) is 17.9. The van der Waals surface area contributed by atoms with Crippen molar-refractivity contribution in [1.29, 1.82) is 0 Å². The van der Waals surface area contributed by atoms with Crippen LogP contribution < -0.4 is 16.0 Å². The summed E-state index contributed by atoms with van der Waals surface area (Å²) in [7, 11) is 0. The third-order valence-corrected chi connectivity index (χ3v) is 4.15. The molecule has 2 aromatic carbocycles. The molecule has 5 nitrogen and oxygen atoms in total. The number of hydrogen-bond acceptors (Lipinski definition) is 3. The SMILES string of the molecule is O=C(NCCNC(=O)c1ccccc1)NCCSc1ccccc1. The van der Waals surface area contributed by atoms with E-state index in [4.69, 9.17) is 0 Å². The summed E-state index contributed by atoms with van der Waals surface area (Å²) < 4.78 is 0. The van der Waals surface area contributed by atoms with Gasteiger partial charge in [-0.05, 0) is 24.3 Å². The van der Waals surface area contributed by atoms with Gasteiger partial charge in [0.05, 0.1) is 0 Å². The highest BCUT2D eigenvalue weighted by atomic mass is 32.2. The van der Waals surface area contributed by atoms with Gasteiger partial charge in [-0.3, -0.25) is 4.79 Å². The normalized spacial score (nSPS) is 10.0. The lowest BCUT2D eigenvalue weighted by atomic mass is 10.2. The second kappa shape index (κ2) is 10.3. The van der Waals surface area contributed by atoms with Crippen molar-refractivity contribution in [3.8, 4) is 0 Å². The zero-order valence-electron chi connectivity index (χ0n) is 13.3. The summed E-state index contributed by atoms with van der Waals surface area (Å²) in [5.74, 6) is 0.666. The Morgan fingerprint density at radius 2 is 1.33 bits per heavy atom. The lowest BCUT2D eigenvalue weighted by molar-refractivity contribution is 0.0954. The molecule has 0 atom stereocenters. The fourth-order valence-electron chi connectivity index (χ4n) is 1.96. The van der Waals surface area contributed by atoms with Crippen LogP contribution in [0.15, 0.2) is 65.6 Å². The number of rotatable bonds is 8.